The maximum absolute atomic E-state index is 9.17. The minimum absolute atomic E-state index is 0.296. The van der Waals surface area contributed by atoms with Gasteiger partial charge in [0, 0.05) is 38.3 Å². The third-order valence-electron chi connectivity index (χ3n) is 3.56. The van der Waals surface area contributed by atoms with Crippen molar-refractivity contribution in [2.45, 2.75) is 12.8 Å². The molecule has 0 bridgehead atoms. The number of rotatable bonds is 2. The van der Waals surface area contributed by atoms with Crippen LogP contribution in [0.2, 0.25) is 0 Å². The molecular formula is C13H16N4O. The highest BCUT2D eigenvalue weighted by Crippen LogP contribution is 2.26. The summed E-state index contributed by atoms with van der Waals surface area (Å²) in [7, 11) is 0. The van der Waals surface area contributed by atoms with Crippen LogP contribution in [0.3, 0.4) is 0 Å². The molecule has 0 saturated carbocycles. The zero-order valence-electron chi connectivity index (χ0n) is 10.2. The summed E-state index contributed by atoms with van der Waals surface area (Å²) in [6.45, 7) is 2.21. The van der Waals surface area contributed by atoms with Crippen molar-refractivity contribution in [1.29, 1.82) is 0 Å². The largest absolute Gasteiger partial charge is 0.396 e. The van der Waals surface area contributed by atoms with E-state index in [0.29, 0.717) is 18.2 Å². The van der Waals surface area contributed by atoms with Gasteiger partial charge in [0.05, 0.1) is 5.69 Å². The summed E-state index contributed by atoms with van der Waals surface area (Å²) in [6, 6.07) is 2.00. The number of aliphatic hydroxyl groups excluding tert-OH is 1. The summed E-state index contributed by atoms with van der Waals surface area (Å²) < 4.78 is 0. The van der Waals surface area contributed by atoms with Crippen LogP contribution >= 0.6 is 0 Å². The molecular weight excluding hydrogens is 228 g/mol. The van der Waals surface area contributed by atoms with Crippen LogP contribution in [-0.2, 0) is 0 Å². The van der Waals surface area contributed by atoms with Crippen LogP contribution < -0.4 is 4.90 Å². The summed E-state index contributed by atoms with van der Waals surface area (Å²) in [4.78, 5) is 15.1. The predicted octanol–water partition coefficient (Wildman–Crippen LogP) is 1.23. The average Bonchev–Trinajstić information content (AvgIpc) is 2.47. The number of fused-ring (bicyclic) bond motifs is 1. The van der Waals surface area contributed by atoms with Crippen LogP contribution in [0.1, 0.15) is 12.8 Å². The second kappa shape index (κ2) is 4.86. The topological polar surface area (TPSA) is 62.1 Å². The molecule has 1 saturated heterocycles. The Morgan fingerprint density at radius 1 is 1.11 bits per heavy atom. The Morgan fingerprint density at radius 2 is 1.83 bits per heavy atom. The molecule has 1 fully saturated rings. The molecule has 3 rings (SSSR count). The van der Waals surface area contributed by atoms with Gasteiger partial charge in [-0.25, -0.2) is 15.0 Å². The number of pyridine rings is 1. The van der Waals surface area contributed by atoms with Gasteiger partial charge in [-0.1, -0.05) is 0 Å². The summed E-state index contributed by atoms with van der Waals surface area (Å²) in [5.41, 5.74) is 2.66. The summed E-state index contributed by atoms with van der Waals surface area (Å²) in [5, 5.41) is 9.17. The average molecular weight is 244 g/mol. The molecule has 2 aromatic heterocycles. The maximum Gasteiger partial charge on any atom is 0.180 e. The van der Waals surface area contributed by atoms with Crippen molar-refractivity contribution in [3.8, 4) is 0 Å². The molecule has 0 aromatic carbocycles. The van der Waals surface area contributed by atoms with E-state index >= 15 is 0 Å². The van der Waals surface area contributed by atoms with Crippen molar-refractivity contribution in [1.82, 2.24) is 15.0 Å². The van der Waals surface area contributed by atoms with Gasteiger partial charge in [0.1, 0.15) is 5.52 Å². The fourth-order valence-corrected chi connectivity index (χ4v) is 2.47. The zero-order valence-corrected chi connectivity index (χ0v) is 10.2. The number of piperidine rings is 1. The first-order valence-corrected chi connectivity index (χ1v) is 6.30. The molecule has 0 spiro atoms. The van der Waals surface area contributed by atoms with Crippen LogP contribution in [0.15, 0.2) is 24.7 Å². The summed E-state index contributed by atoms with van der Waals surface area (Å²) in [5.74, 6) is 0.445. The van der Waals surface area contributed by atoms with Crippen LogP contribution in [0, 0.1) is 5.92 Å². The van der Waals surface area contributed by atoms with E-state index < -0.39 is 0 Å². The summed E-state index contributed by atoms with van der Waals surface area (Å²) >= 11 is 0. The lowest BCUT2D eigenvalue weighted by atomic mass is 9.97. The minimum Gasteiger partial charge on any atom is -0.396 e. The number of aliphatic hydroxyl groups is 1. The summed E-state index contributed by atoms with van der Waals surface area (Å²) in [6.07, 6.45) is 7.21. The SMILES string of the molecule is OCC1CCN(c2ccnc3nccnc23)CC1. The Balaban J connectivity index is 1.91. The highest BCUT2D eigenvalue weighted by Gasteiger charge is 2.20. The van der Waals surface area contributed by atoms with Crippen LogP contribution in [0.4, 0.5) is 5.69 Å². The Morgan fingerprint density at radius 3 is 2.61 bits per heavy atom. The monoisotopic (exact) mass is 244 g/mol. The first-order valence-electron chi connectivity index (χ1n) is 6.30. The first-order chi connectivity index (χ1) is 8.88. The van der Waals surface area contributed by atoms with Gasteiger partial charge in [0.15, 0.2) is 5.65 Å². The molecule has 3 heterocycles. The molecule has 1 aliphatic rings. The minimum atomic E-state index is 0.296. The van der Waals surface area contributed by atoms with Gasteiger partial charge in [-0.05, 0) is 24.8 Å². The Bertz CT molecular complexity index is 532. The fraction of sp³-hybridized carbons (Fsp3) is 0.462. The van der Waals surface area contributed by atoms with E-state index in [1.54, 1.807) is 18.6 Å². The van der Waals surface area contributed by atoms with Gasteiger partial charge in [0.2, 0.25) is 0 Å². The van der Waals surface area contributed by atoms with Crippen molar-refractivity contribution < 1.29 is 5.11 Å². The Labute approximate surface area is 106 Å². The smallest absolute Gasteiger partial charge is 0.180 e. The molecule has 18 heavy (non-hydrogen) atoms. The van der Waals surface area contributed by atoms with E-state index in [0.717, 1.165) is 37.1 Å². The first kappa shape index (κ1) is 11.3. The van der Waals surface area contributed by atoms with Gasteiger partial charge in [-0.2, -0.15) is 0 Å². The molecule has 2 aromatic rings. The maximum atomic E-state index is 9.17. The van der Waals surface area contributed by atoms with Gasteiger partial charge in [-0.15, -0.1) is 0 Å². The lowest BCUT2D eigenvalue weighted by Gasteiger charge is -2.32. The van der Waals surface area contributed by atoms with E-state index in [1.165, 1.54) is 0 Å². The number of aromatic nitrogens is 3. The third kappa shape index (κ3) is 2.01. The third-order valence-corrected chi connectivity index (χ3v) is 3.56. The van der Waals surface area contributed by atoms with Crippen LogP contribution in [0.5, 0.6) is 0 Å². The Kier molecular flexibility index (Phi) is 3.06. The lowest BCUT2D eigenvalue weighted by molar-refractivity contribution is 0.203. The molecule has 0 amide bonds. The zero-order chi connectivity index (χ0) is 12.4. The van der Waals surface area contributed by atoms with Crippen LogP contribution in [-0.4, -0.2) is 39.8 Å². The quantitative estimate of drug-likeness (QED) is 0.861. The molecule has 0 aliphatic carbocycles. The van der Waals surface area contributed by atoms with Gasteiger partial charge in [-0.3, -0.25) is 0 Å². The van der Waals surface area contributed by atoms with E-state index in [4.69, 9.17) is 5.11 Å². The molecule has 1 aliphatic heterocycles. The number of hydrogen-bond donors (Lipinski definition) is 1. The van der Waals surface area contributed by atoms with Crippen molar-refractivity contribution in [3.05, 3.63) is 24.7 Å². The Hall–Kier alpha value is -1.75. The molecule has 5 nitrogen and oxygen atoms in total. The van der Waals surface area contributed by atoms with Gasteiger partial charge < -0.3 is 10.0 Å². The van der Waals surface area contributed by atoms with Crippen molar-refractivity contribution in [3.63, 3.8) is 0 Å². The second-order valence-corrected chi connectivity index (χ2v) is 4.67. The molecule has 94 valence electrons. The van der Waals surface area contributed by atoms with Gasteiger partial charge >= 0.3 is 0 Å². The molecule has 0 radical (unpaired) electrons. The van der Waals surface area contributed by atoms with E-state index in [1.807, 2.05) is 6.07 Å². The molecule has 0 unspecified atom stereocenters. The van der Waals surface area contributed by atoms with E-state index in [9.17, 15) is 0 Å². The van der Waals surface area contributed by atoms with Crippen molar-refractivity contribution >= 4 is 16.9 Å². The highest BCUT2D eigenvalue weighted by atomic mass is 16.3. The van der Waals surface area contributed by atoms with Crippen molar-refractivity contribution in [2.24, 2.45) is 5.92 Å². The number of hydrogen-bond acceptors (Lipinski definition) is 5. The normalized spacial score (nSPS) is 17.3. The predicted molar refractivity (Wildman–Crippen MR) is 69.4 cm³/mol. The molecule has 5 heteroatoms. The van der Waals surface area contributed by atoms with Crippen molar-refractivity contribution in [2.75, 3.05) is 24.6 Å². The fourth-order valence-electron chi connectivity index (χ4n) is 2.47. The van der Waals surface area contributed by atoms with E-state index in [2.05, 4.69) is 19.9 Å². The highest BCUT2D eigenvalue weighted by molar-refractivity contribution is 5.84. The van der Waals surface area contributed by atoms with Crippen LogP contribution in [0.25, 0.3) is 11.2 Å². The standard InChI is InChI=1S/C13H16N4O/c18-9-10-2-7-17(8-3-10)11-1-4-15-13-12(11)14-5-6-16-13/h1,4-6,10,18H,2-3,7-9H2. The molecule has 0 atom stereocenters. The van der Waals surface area contributed by atoms with E-state index in [-0.39, 0.29) is 0 Å². The lowest BCUT2D eigenvalue weighted by Crippen LogP contribution is -2.34. The van der Waals surface area contributed by atoms with Gasteiger partial charge in [0.25, 0.3) is 0 Å². The molecule has 1 N–H and O–H groups in total. The number of anilines is 1. The second-order valence-electron chi connectivity index (χ2n) is 4.67. The number of nitrogens with zero attached hydrogens (tertiary/aromatic N) is 4.